The molecule has 0 fully saturated rings. The van der Waals surface area contributed by atoms with Gasteiger partial charge in [0.2, 0.25) is 6.41 Å². The number of nitrogens with one attached hydrogen (secondary N) is 1. The van der Waals surface area contributed by atoms with Crippen LogP contribution < -0.4 is 9.47 Å². The van der Waals surface area contributed by atoms with Crippen molar-refractivity contribution in [1.82, 2.24) is 9.88 Å². The van der Waals surface area contributed by atoms with Crippen LogP contribution in [-0.4, -0.2) is 37.1 Å². The number of aromatic nitrogens is 1. The molecule has 5 nitrogen and oxygen atoms in total. The summed E-state index contributed by atoms with van der Waals surface area (Å²) in [6.07, 6.45) is 3.96. The number of amides is 1. The number of ether oxygens (including phenoxy) is 2. The van der Waals surface area contributed by atoms with Crippen LogP contribution in [0.2, 0.25) is 0 Å². The third-order valence-corrected chi connectivity index (χ3v) is 4.48. The van der Waals surface area contributed by atoms with E-state index in [4.69, 9.17) is 9.47 Å². The van der Waals surface area contributed by atoms with Gasteiger partial charge in [-0.25, -0.2) is 0 Å². The summed E-state index contributed by atoms with van der Waals surface area (Å²) in [5.74, 6) is 1.75. The third-order valence-electron chi connectivity index (χ3n) is 4.48. The molecule has 0 radical (unpaired) electrons. The number of hydrogen-bond donors (Lipinski definition) is 1. The van der Waals surface area contributed by atoms with Crippen molar-refractivity contribution in [1.29, 1.82) is 0 Å². The Hall–Kier alpha value is -2.95. The lowest BCUT2D eigenvalue weighted by Crippen LogP contribution is -2.20. The maximum atomic E-state index is 10.6. The highest BCUT2D eigenvalue weighted by Crippen LogP contribution is 2.23. The van der Waals surface area contributed by atoms with E-state index in [1.165, 1.54) is 16.5 Å². The molecule has 0 spiro atoms. The van der Waals surface area contributed by atoms with Gasteiger partial charge in [-0.3, -0.25) is 4.79 Å². The number of benzene rings is 2. The van der Waals surface area contributed by atoms with Crippen LogP contribution in [-0.2, 0) is 17.8 Å². The molecule has 27 heavy (non-hydrogen) atoms. The molecule has 0 atom stereocenters. The van der Waals surface area contributed by atoms with Gasteiger partial charge in [0.05, 0.1) is 14.2 Å². The second-order valence-corrected chi connectivity index (χ2v) is 6.06. The molecular formula is C22H28N2O3. The molecule has 0 aliphatic carbocycles. The number of rotatable bonds is 7. The van der Waals surface area contributed by atoms with Gasteiger partial charge < -0.3 is 19.4 Å². The quantitative estimate of drug-likeness (QED) is 0.629. The molecule has 144 valence electrons. The maximum absolute atomic E-state index is 10.6. The lowest BCUT2D eigenvalue weighted by molar-refractivity contribution is -0.118. The first-order valence-corrected chi connectivity index (χ1v) is 9.12. The predicted octanol–water partition coefficient (Wildman–Crippen LogP) is 4.41. The summed E-state index contributed by atoms with van der Waals surface area (Å²) in [4.78, 5) is 15.6. The molecule has 0 unspecified atom stereocenters. The Balaban J connectivity index is 0.000000194. The van der Waals surface area contributed by atoms with Gasteiger partial charge in [-0.1, -0.05) is 25.1 Å². The van der Waals surface area contributed by atoms with Crippen LogP contribution in [0.3, 0.4) is 0 Å². The van der Waals surface area contributed by atoms with E-state index in [0.29, 0.717) is 13.1 Å². The Morgan fingerprint density at radius 2 is 1.81 bits per heavy atom. The summed E-state index contributed by atoms with van der Waals surface area (Å²) >= 11 is 0. The first-order chi connectivity index (χ1) is 13.2. The SMILES string of the molecule is CCN(C=O)Cc1ccccc1OC.CCc1c[nH]c2ccc(OC)cc12. The molecule has 0 saturated carbocycles. The zero-order valence-electron chi connectivity index (χ0n) is 16.5. The largest absolute Gasteiger partial charge is 0.497 e. The van der Waals surface area contributed by atoms with Gasteiger partial charge in [0.15, 0.2) is 0 Å². The Labute approximate surface area is 160 Å². The van der Waals surface area contributed by atoms with Gasteiger partial charge in [0, 0.05) is 35.8 Å². The van der Waals surface area contributed by atoms with Crippen LogP contribution in [0.15, 0.2) is 48.7 Å². The highest BCUT2D eigenvalue weighted by molar-refractivity contribution is 5.84. The van der Waals surface area contributed by atoms with E-state index in [1.54, 1.807) is 19.1 Å². The molecule has 5 heteroatoms. The minimum Gasteiger partial charge on any atom is -0.497 e. The van der Waals surface area contributed by atoms with E-state index >= 15 is 0 Å². The number of H-pyrrole nitrogens is 1. The Kier molecular flexibility index (Phi) is 7.74. The molecule has 0 aliphatic rings. The summed E-state index contributed by atoms with van der Waals surface area (Å²) in [5.41, 5.74) is 3.55. The van der Waals surface area contributed by atoms with Crippen molar-refractivity contribution in [3.05, 3.63) is 59.8 Å². The van der Waals surface area contributed by atoms with E-state index in [9.17, 15) is 4.79 Å². The van der Waals surface area contributed by atoms with E-state index in [2.05, 4.69) is 24.2 Å². The molecule has 0 saturated heterocycles. The molecule has 1 heterocycles. The zero-order valence-corrected chi connectivity index (χ0v) is 16.5. The summed E-state index contributed by atoms with van der Waals surface area (Å²) in [7, 11) is 3.33. The molecular weight excluding hydrogens is 340 g/mol. The van der Waals surface area contributed by atoms with Crippen LogP contribution in [0.25, 0.3) is 10.9 Å². The molecule has 2 aromatic carbocycles. The molecule has 1 N–H and O–H groups in total. The normalized spacial score (nSPS) is 10.1. The fourth-order valence-electron chi connectivity index (χ4n) is 2.85. The van der Waals surface area contributed by atoms with Crippen molar-refractivity contribution in [3.63, 3.8) is 0 Å². The van der Waals surface area contributed by atoms with Gasteiger partial charge in [-0.05, 0) is 43.2 Å². The standard InChI is InChI=1S/C11H15NO2.C11H13NO/c1-3-12(9-13)8-10-6-4-5-7-11(10)14-2;1-3-8-7-12-11-5-4-9(13-2)6-10(8)11/h4-7,9H,3,8H2,1-2H3;4-7,12H,3H2,1-2H3. The van der Waals surface area contributed by atoms with E-state index in [1.807, 2.05) is 43.3 Å². The van der Waals surface area contributed by atoms with Crippen LogP contribution >= 0.6 is 0 Å². The average Bonchev–Trinajstić information content (AvgIpc) is 3.14. The Morgan fingerprint density at radius 1 is 1.04 bits per heavy atom. The number of aryl methyl sites for hydroxylation is 1. The van der Waals surface area contributed by atoms with Gasteiger partial charge in [-0.15, -0.1) is 0 Å². The van der Waals surface area contributed by atoms with E-state index < -0.39 is 0 Å². The summed E-state index contributed by atoms with van der Waals surface area (Å²) in [6, 6.07) is 13.8. The summed E-state index contributed by atoms with van der Waals surface area (Å²) < 4.78 is 10.4. The number of methoxy groups -OCH3 is 2. The number of carbonyl (C=O) groups excluding carboxylic acids is 1. The first-order valence-electron chi connectivity index (χ1n) is 9.12. The smallest absolute Gasteiger partial charge is 0.209 e. The number of fused-ring (bicyclic) bond motifs is 1. The third kappa shape index (κ3) is 5.26. The van der Waals surface area contributed by atoms with Crippen molar-refractivity contribution < 1.29 is 14.3 Å². The Morgan fingerprint density at radius 3 is 2.44 bits per heavy atom. The average molecular weight is 368 g/mol. The second kappa shape index (κ2) is 10.3. The molecule has 3 aromatic rings. The topological polar surface area (TPSA) is 54.6 Å². The molecule has 3 rings (SSSR count). The van der Waals surface area contributed by atoms with Crippen molar-refractivity contribution >= 4 is 17.3 Å². The van der Waals surface area contributed by atoms with Crippen molar-refractivity contribution in [2.75, 3.05) is 20.8 Å². The minimum atomic E-state index is 0.601. The number of carbonyl (C=O) groups is 1. The van der Waals surface area contributed by atoms with Crippen LogP contribution in [0.1, 0.15) is 25.0 Å². The van der Waals surface area contributed by atoms with E-state index in [-0.39, 0.29) is 0 Å². The first kappa shape index (κ1) is 20.4. The fraction of sp³-hybridized carbons (Fsp3) is 0.318. The fourth-order valence-corrected chi connectivity index (χ4v) is 2.85. The number of hydrogen-bond acceptors (Lipinski definition) is 3. The van der Waals surface area contributed by atoms with Gasteiger partial charge in [0.25, 0.3) is 0 Å². The maximum Gasteiger partial charge on any atom is 0.209 e. The molecule has 0 aliphatic heterocycles. The number of nitrogens with zero attached hydrogens (tertiary/aromatic N) is 1. The van der Waals surface area contributed by atoms with Crippen LogP contribution in [0.4, 0.5) is 0 Å². The lowest BCUT2D eigenvalue weighted by Gasteiger charge is -2.16. The number of para-hydroxylation sites is 1. The van der Waals surface area contributed by atoms with Crippen LogP contribution in [0.5, 0.6) is 11.5 Å². The summed E-state index contributed by atoms with van der Waals surface area (Å²) in [5, 5.41) is 1.27. The van der Waals surface area contributed by atoms with Crippen molar-refractivity contribution in [2.24, 2.45) is 0 Å². The van der Waals surface area contributed by atoms with Crippen LogP contribution in [0, 0.1) is 0 Å². The van der Waals surface area contributed by atoms with Gasteiger partial charge in [-0.2, -0.15) is 0 Å². The second-order valence-electron chi connectivity index (χ2n) is 6.06. The molecule has 1 aromatic heterocycles. The highest BCUT2D eigenvalue weighted by atomic mass is 16.5. The Bertz CT molecular complexity index is 858. The van der Waals surface area contributed by atoms with Gasteiger partial charge in [0.1, 0.15) is 11.5 Å². The van der Waals surface area contributed by atoms with Crippen molar-refractivity contribution in [3.8, 4) is 11.5 Å². The van der Waals surface area contributed by atoms with Crippen molar-refractivity contribution in [2.45, 2.75) is 26.8 Å². The minimum absolute atomic E-state index is 0.601. The molecule has 1 amide bonds. The highest BCUT2D eigenvalue weighted by Gasteiger charge is 2.05. The van der Waals surface area contributed by atoms with E-state index in [0.717, 1.165) is 29.9 Å². The van der Waals surface area contributed by atoms with Gasteiger partial charge >= 0.3 is 0 Å². The summed E-state index contributed by atoms with van der Waals surface area (Å²) in [6.45, 7) is 5.41. The monoisotopic (exact) mass is 368 g/mol. The number of aromatic amines is 1. The lowest BCUT2D eigenvalue weighted by atomic mass is 10.1. The predicted molar refractivity (Wildman–Crippen MR) is 109 cm³/mol. The molecule has 0 bridgehead atoms. The zero-order chi connectivity index (χ0) is 19.6.